The van der Waals surface area contributed by atoms with Gasteiger partial charge in [0.1, 0.15) is 0 Å². The van der Waals surface area contributed by atoms with Crippen LogP contribution in [-0.2, 0) is 0 Å². The maximum absolute atomic E-state index is 5.42. The number of rotatable bonds is 10. The number of hydrogen-bond acceptors (Lipinski definition) is 1. The van der Waals surface area contributed by atoms with Gasteiger partial charge in [-0.25, -0.2) is 0 Å². The molecule has 2 N–H and O–H groups in total. The molecule has 0 atom stereocenters. The third-order valence-corrected chi connectivity index (χ3v) is 2.56. The fourth-order valence-electron chi connectivity index (χ4n) is 1.63. The van der Waals surface area contributed by atoms with Crippen molar-refractivity contribution in [3.05, 3.63) is 0 Å². The van der Waals surface area contributed by atoms with E-state index in [2.05, 4.69) is 6.92 Å². The van der Waals surface area contributed by atoms with Crippen molar-refractivity contribution in [3.63, 3.8) is 0 Å². The second-order valence-corrected chi connectivity index (χ2v) is 3.97. The molecular formula is C12H28KN. The van der Waals surface area contributed by atoms with Crippen molar-refractivity contribution in [2.75, 3.05) is 6.54 Å². The van der Waals surface area contributed by atoms with Crippen LogP contribution in [0.5, 0.6) is 0 Å². The van der Waals surface area contributed by atoms with Gasteiger partial charge in [-0.1, -0.05) is 64.7 Å². The molecule has 0 aliphatic rings. The summed E-state index contributed by atoms with van der Waals surface area (Å²) in [4.78, 5) is 0. The quantitative estimate of drug-likeness (QED) is 0.448. The average Bonchev–Trinajstić information content (AvgIpc) is 2.16. The molecule has 0 aromatic rings. The van der Waals surface area contributed by atoms with E-state index in [1.807, 2.05) is 0 Å². The molecule has 0 heterocycles. The van der Waals surface area contributed by atoms with Crippen LogP contribution < -0.4 is 5.73 Å². The Hall–Kier alpha value is 1.60. The minimum atomic E-state index is 0. The van der Waals surface area contributed by atoms with Crippen molar-refractivity contribution in [1.29, 1.82) is 0 Å². The molecule has 0 aliphatic carbocycles. The molecule has 0 radical (unpaired) electrons. The van der Waals surface area contributed by atoms with Crippen LogP contribution in [-0.4, -0.2) is 57.9 Å². The summed E-state index contributed by atoms with van der Waals surface area (Å²) in [6.07, 6.45) is 13.9. The van der Waals surface area contributed by atoms with Crippen molar-refractivity contribution < 1.29 is 0 Å². The van der Waals surface area contributed by atoms with E-state index in [4.69, 9.17) is 5.73 Å². The third-order valence-electron chi connectivity index (χ3n) is 2.56. The summed E-state index contributed by atoms with van der Waals surface area (Å²) in [5, 5.41) is 0. The SMILES string of the molecule is CCCCCCCCCCCCN.[KH]. The monoisotopic (exact) mass is 225 g/mol. The Balaban J connectivity index is 0. The Morgan fingerprint density at radius 1 is 0.643 bits per heavy atom. The van der Waals surface area contributed by atoms with Crippen LogP contribution in [0, 0.1) is 0 Å². The van der Waals surface area contributed by atoms with Crippen LogP contribution in [0.4, 0.5) is 0 Å². The van der Waals surface area contributed by atoms with Crippen LogP contribution >= 0.6 is 0 Å². The summed E-state index contributed by atoms with van der Waals surface area (Å²) in [6, 6.07) is 0. The van der Waals surface area contributed by atoms with Crippen molar-refractivity contribution >= 4 is 51.4 Å². The standard InChI is InChI=1S/C12H27N.K.H/c1-2-3-4-5-6-7-8-9-10-11-12-13;;/h2-13H2,1H3;;. The van der Waals surface area contributed by atoms with E-state index in [0.29, 0.717) is 0 Å². The molecule has 0 spiro atoms. The first-order valence-corrected chi connectivity index (χ1v) is 6.12. The fourth-order valence-corrected chi connectivity index (χ4v) is 1.63. The Bertz CT molecular complexity index is 76.4. The van der Waals surface area contributed by atoms with E-state index in [9.17, 15) is 0 Å². The van der Waals surface area contributed by atoms with E-state index in [0.717, 1.165) is 6.54 Å². The van der Waals surface area contributed by atoms with Crippen LogP contribution in [0.2, 0.25) is 0 Å². The van der Waals surface area contributed by atoms with E-state index in [1.54, 1.807) is 0 Å². The molecule has 2 heteroatoms. The van der Waals surface area contributed by atoms with Crippen LogP contribution in [0.3, 0.4) is 0 Å². The first-order chi connectivity index (χ1) is 6.41. The second kappa shape index (κ2) is 17.0. The first kappa shape index (κ1) is 18.0. The summed E-state index contributed by atoms with van der Waals surface area (Å²) in [6.45, 7) is 3.14. The maximum atomic E-state index is 5.42. The number of unbranched alkanes of at least 4 members (excludes halogenated alkanes) is 9. The normalized spacial score (nSPS) is 9.86. The van der Waals surface area contributed by atoms with Crippen molar-refractivity contribution in [2.24, 2.45) is 5.73 Å². The molecule has 0 amide bonds. The van der Waals surface area contributed by atoms with Gasteiger partial charge in [0.25, 0.3) is 0 Å². The zero-order valence-electron chi connectivity index (χ0n) is 9.36. The predicted molar refractivity (Wildman–Crippen MR) is 68.0 cm³/mol. The van der Waals surface area contributed by atoms with Crippen LogP contribution in [0.25, 0.3) is 0 Å². The summed E-state index contributed by atoms with van der Waals surface area (Å²) in [5.74, 6) is 0. The molecule has 0 unspecified atom stereocenters. The van der Waals surface area contributed by atoms with Crippen LogP contribution in [0.15, 0.2) is 0 Å². The van der Waals surface area contributed by atoms with Gasteiger partial charge >= 0.3 is 51.4 Å². The van der Waals surface area contributed by atoms with Gasteiger partial charge in [0, 0.05) is 0 Å². The molecule has 0 saturated carbocycles. The zero-order chi connectivity index (χ0) is 9.78. The number of hydrogen-bond donors (Lipinski definition) is 1. The summed E-state index contributed by atoms with van der Waals surface area (Å²) < 4.78 is 0. The number of nitrogens with two attached hydrogens (primary N) is 1. The molecular weight excluding hydrogens is 197 g/mol. The third kappa shape index (κ3) is 16.0. The average molecular weight is 225 g/mol. The van der Waals surface area contributed by atoms with Gasteiger partial charge in [0.2, 0.25) is 0 Å². The molecule has 0 aliphatic heterocycles. The van der Waals surface area contributed by atoms with Crippen LogP contribution in [0.1, 0.15) is 71.1 Å². The van der Waals surface area contributed by atoms with E-state index in [-0.39, 0.29) is 51.4 Å². The molecule has 82 valence electrons. The summed E-state index contributed by atoms with van der Waals surface area (Å²) in [7, 11) is 0. The van der Waals surface area contributed by atoms with E-state index < -0.39 is 0 Å². The first-order valence-electron chi connectivity index (χ1n) is 6.12. The second-order valence-electron chi connectivity index (χ2n) is 3.97. The van der Waals surface area contributed by atoms with Gasteiger partial charge in [-0.3, -0.25) is 0 Å². The molecule has 0 aromatic heterocycles. The molecule has 0 fully saturated rings. The molecule has 1 nitrogen and oxygen atoms in total. The Morgan fingerprint density at radius 3 is 1.36 bits per heavy atom. The van der Waals surface area contributed by atoms with Crippen molar-refractivity contribution in [3.8, 4) is 0 Å². The molecule has 0 aromatic carbocycles. The molecule has 0 saturated heterocycles. The van der Waals surface area contributed by atoms with Gasteiger partial charge in [0.05, 0.1) is 0 Å². The molecule has 14 heavy (non-hydrogen) atoms. The van der Waals surface area contributed by atoms with Gasteiger partial charge in [-0.05, 0) is 13.0 Å². The topological polar surface area (TPSA) is 26.0 Å². The van der Waals surface area contributed by atoms with Crippen molar-refractivity contribution in [2.45, 2.75) is 71.1 Å². The van der Waals surface area contributed by atoms with E-state index in [1.165, 1.54) is 64.2 Å². The molecule has 0 bridgehead atoms. The fraction of sp³-hybridized carbons (Fsp3) is 1.00. The minimum absolute atomic E-state index is 0. The van der Waals surface area contributed by atoms with E-state index >= 15 is 0 Å². The van der Waals surface area contributed by atoms with Crippen molar-refractivity contribution in [1.82, 2.24) is 0 Å². The summed E-state index contributed by atoms with van der Waals surface area (Å²) >= 11 is 0. The Morgan fingerprint density at radius 2 is 1.00 bits per heavy atom. The summed E-state index contributed by atoms with van der Waals surface area (Å²) in [5.41, 5.74) is 5.42. The van der Waals surface area contributed by atoms with Gasteiger partial charge in [0.15, 0.2) is 0 Å². The Kier molecular flexibility index (Phi) is 21.8. The zero-order valence-corrected chi connectivity index (χ0v) is 9.36. The predicted octanol–water partition coefficient (Wildman–Crippen LogP) is 3.22. The van der Waals surface area contributed by atoms with Gasteiger partial charge < -0.3 is 5.73 Å². The Labute approximate surface area is 133 Å². The molecule has 0 rings (SSSR count). The van der Waals surface area contributed by atoms with Gasteiger partial charge in [-0.2, -0.15) is 0 Å². The van der Waals surface area contributed by atoms with Gasteiger partial charge in [-0.15, -0.1) is 0 Å².